The Morgan fingerprint density at radius 1 is 1.23 bits per heavy atom. The van der Waals surface area contributed by atoms with E-state index in [-0.39, 0.29) is 5.91 Å². The average Bonchev–Trinajstić information content (AvgIpc) is 2.54. The van der Waals surface area contributed by atoms with Crippen molar-refractivity contribution in [3.8, 4) is 5.75 Å². The summed E-state index contributed by atoms with van der Waals surface area (Å²) in [4.78, 5) is 20.5. The molecule has 6 nitrogen and oxygen atoms in total. The molecule has 22 heavy (non-hydrogen) atoms. The van der Waals surface area contributed by atoms with Gasteiger partial charge in [-0.3, -0.25) is 4.79 Å². The zero-order valence-electron chi connectivity index (χ0n) is 13.0. The van der Waals surface area contributed by atoms with Crippen molar-refractivity contribution < 1.29 is 9.53 Å². The molecule has 1 aromatic carbocycles. The van der Waals surface area contributed by atoms with E-state index < -0.39 is 0 Å². The van der Waals surface area contributed by atoms with Crippen LogP contribution in [0, 0.1) is 5.92 Å². The molecule has 2 aromatic rings. The summed E-state index contributed by atoms with van der Waals surface area (Å²) in [5, 5.41) is 5.89. The van der Waals surface area contributed by atoms with Crippen LogP contribution in [0.5, 0.6) is 5.75 Å². The van der Waals surface area contributed by atoms with E-state index in [2.05, 4.69) is 34.4 Å². The number of hydrogen-bond donors (Lipinski definition) is 2. The Balaban J connectivity index is 2.03. The highest BCUT2D eigenvalue weighted by Crippen LogP contribution is 2.23. The molecule has 1 heterocycles. The van der Waals surface area contributed by atoms with Gasteiger partial charge in [0.2, 0.25) is 5.95 Å². The number of para-hydroxylation sites is 2. The van der Waals surface area contributed by atoms with E-state index in [0.717, 1.165) is 6.54 Å². The van der Waals surface area contributed by atoms with Crippen molar-refractivity contribution in [2.45, 2.75) is 13.8 Å². The van der Waals surface area contributed by atoms with Crippen LogP contribution in [0.15, 0.2) is 36.7 Å². The Morgan fingerprint density at radius 3 is 2.55 bits per heavy atom. The molecule has 0 unspecified atom stereocenters. The van der Waals surface area contributed by atoms with Gasteiger partial charge in [-0.2, -0.15) is 0 Å². The van der Waals surface area contributed by atoms with E-state index in [1.165, 1.54) is 12.4 Å². The molecule has 1 amide bonds. The van der Waals surface area contributed by atoms with Crippen LogP contribution in [0.25, 0.3) is 0 Å². The number of nitrogens with one attached hydrogen (secondary N) is 2. The van der Waals surface area contributed by atoms with E-state index in [1.54, 1.807) is 19.2 Å². The number of ether oxygens (including phenoxy) is 1. The summed E-state index contributed by atoms with van der Waals surface area (Å²) < 4.78 is 5.20. The van der Waals surface area contributed by atoms with Crippen LogP contribution in [0.1, 0.15) is 24.2 Å². The lowest BCUT2D eigenvalue weighted by molar-refractivity contribution is 0.102. The molecule has 0 fully saturated rings. The number of carbonyl (C=O) groups is 1. The minimum atomic E-state index is -0.278. The Hall–Kier alpha value is -2.63. The minimum Gasteiger partial charge on any atom is -0.495 e. The van der Waals surface area contributed by atoms with Gasteiger partial charge in [-0.1, -0.05) is 26.0 Å². The molecule has 2 N–H and O–H groups in total. The Bertz CT molecular complexity index is 626. The first-order valence-corrected chi connectivity index (χ1v) is 7.10. The van der Waals surface area contributed by atoms with Gasteiger partial charge >= 0.3 is 0 Å². The summed E-state index contributed by atoms with van der Waals surface area (Å²) in [7, 11) is 1.56. The van der Waals surface area contributed by atoms with Gasteiger partial charge in [0, 0.05) is 18.9 Å². The third kappa shape index (κ3) is 4.18. The number of nitrogens with zero attached hydrogens (tertiary/aromatic N) is 2. The normalized spacial score (nSPS) is 10.4. The molecule has 0 aliphatic rings. The third-order valence-corrected chi connectivity index (χ3v) is 2.94. The molecule has 0 saturated heterocycles. The second-order valence-corrected chi connectivity index (χ2v) is 5.22. The predicted molar refractivity (Wildman–Crippen MR) is 86.3 cm³/mol. The zero-order valence-corrected chi connectivity index (χ0v) is 13.0. The zero-order chi connectivity index (χ0) is 15.9. The van der Waals surface area contributed by atoms with Crippen molar-refractivity contribution in [1.29, 1.82) is 0 Å². The molecule has 2 rings (SSSR count). The first kappa shape index (κ1) is 15.8. The van der Waals surface area contributed by atoms with Crippen LogP contribution in [-0.4, -0.2) is 29.5 Å². The monoisotopic (exact) mass is 300 g/mol. The lowest BCUT2D eigenvalue weighted by atomic mass is 10.2. The van der Waals surface area contributed by atoms with Crippen LogP contribution in [0.4, 0.5) is 11.6 Å². The SMILES string of the molecule is COc1ccccc1NC(=O)c1cnc(NCC(C)C)nc1. The fourth-order valence-electron chi connectivity index (χ4n) is 1.77. The summed E-state index contributed by atoms with van der Waals surface area (Å²) in [5.74, 6) is 1.34. The van der Waals surface area contributed by atoms with E-state index in [9.17, 15) is 4.79 Å². The predicted octanol–water partition coefficient (Wildman–Crippen LogP) is 2.81. The largest absolute Gasteiger partial charge is 0.495 e. The molecular formula is C16H20N4O2. The molecule has 0 spiro atoms. The molecule has 0 atom stereocenters. The topological polar surface area (TPSA) is 76.1 Å². The number of rotatable bonds is 6. The van der Waals surface area contributed by atoms with Gasteiger partial charge < -0.3 is 15.4 Å². The quantitative estimate of drug-likeness (QED) is 0.858. The average molecular weight is 300 g/mol. The highest BCUT2D eigenvalue weighted by atomic mass is 16.5. The van der Waals surface area contributed by atoms with Crippen molar-refractivity contribution in [3.63, 3.8) is 0 Å². The fraction of sp³-hybridized carbons (Fsp3) is 0.312. The molecule has 0 bridgehead atoms. The molecule has 0 radical (unpaired) electrons. The van der Waals surface area contributed by atoms with Crippen molar-refractivity contribution in [1.82, 2.24) is 9.97 Å². The molecule has 0 aliphatic carbocycles. The standard InChI is InChI=1S/C16H20N4O2/c1-11(2)8-17-16-18-9-12(10-19-16)15(21)20-13-6-4-5-7-14(13)22-3/h4-7,9-11H,8H2,1-3H3,(H,20,21)(H,17,18,19). The number of aromatic nitrogens is 2. The van der Waals surface area contributed by atoms with E-state index in [1.807, 2.05) is 12.1 Å². The number of amides is 1. The van der Waals surface area contributed by atoms with Crippen molar-refractivity contribution in [3.05, 3.63) is 42.2 Å². The van der Waals surface area contributed by atoms with Gasteiger partial charge in [0.1, 0.15) is 5.75 Å². The minimum absolute atomic E-state index is 0.278. The highest BCUT2D eigenvalue weighted by molar-refractivity contribution is 6.04. The van der Waals surface area contributed by atoms with Gasteiger partial charge in [0.15, 0.2) is 0 Å². The highest BCUT2D eigenvalue weighted by Gasteiger charge is 2.10. The van der Waals surface area contributed by atoms with Gasteiger partial charge in [0.05, 0.1) is 18.4 Å². The Kier molecular flexibility index (Phi) is 5.30. The van der Waals surface area contributed by atoms with E-state index in [0.29, 0.717) is 28.9 Å². The van der Waals surface area contributed by atoms with Crippen LogP contribution in [0.3, 0.4) is 0 Å². The summed E-state index contributed by atoms with van der Waals surface area (Å²) in [6.07, 6.45) is 3.00. The number of carbonyl (C=O) groups excluding carboxylic acids is 1. The smallest absolute Gasteiger partial charge is 0.258 e. The first-order chi connectivity index (χ1) is 10.6. The van der Waals surface area contributed by atoms with Crippen LogP contribution >= 0.6 is 0 Å². The van der Waals surface area contributed by atoms with Crippen LogP contribution in [0.2, 0.25) is 0 Å². The van der Waals surface area contributed by atoms with Gasteiger partial charge in [-0.15, -0.1) is 0 Å². The van der Waals surface area contributed by atoms with E-state index >= 15 is 0 Å². The summed E-state index contributed by atoms with van der Waals surface area (Å²) >= 11 is 0. The first-order valence-electron chi connectivity index (χ1n) is 7.10. The van der Waals surface area contributed by atoms with Crippen LogP contribution < -0.4 is 15.4 Å². The summed E-state index contributed by atoms with van der Waals surface area (Å²) in [6.45, 7) is 4.98. The second kappa shape index (κ2) is 7.40. The van der Waals surface area contributed by atoms with Gasteiger partial charge in [0.25, 0.3) is 5.91 Å². The van der Waals surface area contributed by atoms with Crippen molar-refractivity contribution in [2.75, 3.05) is 24.3 Å². The molecule has 116 valence electrons. The number of anilines is 2. The van der Waals surface area contributed by atoms with Crippen molar-refractivity contribution in [2.24, 2.45) is 5.92 Å². The second-order valence-electron chi connectivity index (χ2n) is 5.22. The Labute approximate surface area is 129 Å². The fourth-order valence-corrected chi connectivity index (χ4v) is 1.77. The van der Waals surface area contributed by atoms with Gasteiger partial charge in [-0.05, 0) is 18.1 Å². The molecule has 0 aliphatic heterocycles. The molecule has 1 aromatic heterocycles. The lowest BCUT2D eigenvalue weighted by Gasteiger charge is -2.10. The van der Waals surface area contributed by atoms with E-state index in [4.69, 9.17) is 4.74 Å². The maximum atomic E-state index is 12.2. The molecule has 6 heteroatoms. The van der Waals surface area contributed by atoms with Crippen LogP contribution in [-0.2, 0) is 0 Å². The van der Waals surface area contributed by atoms with Crippen molar-refractivity contribution >= 4 is 17.5 Å². The summed E-state index contributed by atoms with van der Waals surface area (Å²) in [5.41, 5.74) is 0.998. The number of methoxy groups -OCH3 is 1. The maximum absolute atomic E-state index is 12.2. The number of hydrogen-bond acceptors (Lipinski definition) is 5. The summed E-state index contributed by atoms with van der Waals surface area (Å²) in [6, 6.07) is 7.22. The maximum Gasteiger partial charge on any atom is 0.258 e. The van der Waals surface area contributed by atoms with Gasteiger partial charge in [-0.25, -0.2) is 9.97 Å². The number of benzene rings is 1. The Morgan fingerprint density at radius 2 is 1.91 bits per heavy atom. The molecular weight excluding hydrogens is 280 g/mol. The lowest BCUT2D eigenvalue weighted by Crippen LogP contribution is -2.15. The third-order valence-electron chi connectivity index (χ3n) is 2.94. The molecule has 0 saturated carbocycles.